The minimum absolute atomic E-state index is 0.140. The molecule has 0 aromatic carbocycles. The van der Waals surface area contributed by atoms with Crippen molar-refractivity contribution >= 4 is 17.5 Å². The van der Waals surface area contributed by atoms with Crippen molar-refractivity contribution in [1.82, 2.24) is 25.2 Å². The Hall–Kier alpha value is -1.86. The smallest absolute Gasteiger partial charge is 0.256 e. The SMILES string of the molecule is Cc1cc(-c2nn(C)c(Cl)c2C(=O)NC2CCN(CCC(C)(C)C)CC2)no1. The molecule has 154 valence electrons. The molecule has 0 spiro atoms. The van der Waals surface area contributed by atoms with Crippen LogP contribution in [-0.4, -0.2) is 51.4 Å². The molecule has 0 atom stereocenters. The van der Waals surface area contributed by atoms with Crippen LogP contribution in [0.1, 0.15) is 56.2 Å². The summed E-state index contributed by atoms with van der Waals surface area (Å²) in [6.45, 7) is 11.7. The molecule has 0 unspecified atom stereocenters. The number of likely N-dealkylation sites (tertiary alicyclic amines) is 1. The number of carbonyl (C=O) groups is 1. The predicted molar refractivity (Wildman–Crippen MR) is 109 cm³/mol. The number of piperidine rings is 1. The van der Waals surface area contributed by atoms with Crippen LogP contribution in [0.4, 0.5) is 0 Å². The van der Waals surface area contributed by atoms with Crippen LogP contribution in [0, 0.1) is 12.3 Å². The van der Waals surface area contributed by atoms with Crippen LogP contribution >= 0.6 is 11.6 Å². The van der Waals surface area contributed by atoms with Gasteiger partial charge in [-0.15, -0.1) is 0 Å². The zero-order chi connectivity index (χ0) is 20.5. The van der Waals surface area contributed by atoms with Crippen LogP contribution in [0.3, 0.4) is 0 Å². The average molecular weight is 408 g/mol. The lowest BCUT2D eigenvalue weighted by atomic mass is 9.91. The fraction of sp³-hybridized carbons (Fsp3) is 0.650. The predicted octanol–water partition coefficient (Wildman–Crippen LogP) is 3.67. The van der Waals surface area contributed by atoms with E-state index in [1.165, 1.54) is 11.1 Å². The van der Waals surface area contributed by atoms with E-state index in [4.69, 9.17) is 16.1 Å². The van der Waals surface area contributed by atoms with Crippen molar-refractivity contribution in [3.8, 4) is 11.4 Å². The van der Waals surface area contributed by atoms with Gasteiger partial charge in [0.1, 0.15) is 27.9 Å². The normalized spacial score (nSPS) is 16.5. The summed E-state index contributed by atoms with van der Waals surface area (Å²) in [4.78, 5) is 15.4. The summed E-state index contributed by atoms with van der Waals surface area (Å²) in [5, 5.41) is 11.8. The first-order valence-corrected chi connectivity index (χ1v) is 10.2. The summed E-state index contributed by atoms with van der Waals surface area (Å²) in [6, 6.07) is 1.89. The van der Waals surface area contributed by atoms with Gasteiger partial charge >= 0.3 is 0 Å². The molecule has 7 nitrogen and oxygen atoms in total. The van der Waals surface area contributed by atoms with Crippen LogP contribution < -0.4 is 5.32 Å². The highest BCUT2D eigenvalue weighted by Crippen LogP contribution is 2.28. The van der Waals surface area contributed by atoms with Crippen molar-refractivity contribution < 1.29 is 9.32 Å². The minimum Gasteiger partial charge on any atom is -0.361 e. The quantitative estimate of drug-likeness (QED) is 0.818. The lowest BCUT2D eigenvalue weighted by Crippen LogP contribution is -2.45. The molecule has 1 amide bonds. The number of hydrogen-bond acceptors (Lipinski definition) is 5. The van der Waals surface area contributed by atoms with Crippen molar-refractivity contribution in [3.63, 3.8) is 0 Å². The maximum Gasteiger partial charge on any atom is 0.256 e. The van der Waals surface area contributed by atoms with Crippen molar-refractivity contribution in [2.24, 2.45) is 12.5 Å². The molecule has 28 heavy (non-hydrogen) atoms. The second-order valence-corrected chi connectivity index (χ2v) is 9.22. The summed E-state index contributed by atoms with van der Waals surface area (Å²) >= 11 is 6.36. The van der Waals surface area contributed by atoms with Gasteiger partial charge in [0.15, 0.2) is 0 Å². The summed E-state index contributed by atoms with van der Waals surface area (Å²) < 4.78 is 6.62. The van der Waals surface area contributed by atoms with E-state index in [2.05, 4.69) is 41.2 Å². The maximum atomic E-state index is 13.0. The molecule has 0 saturated carbocycles. The van der Waals surface area contributed by atoms with Gasteiger partial charge in [-0.3, -0.25) is 9.48 Å². The number of nitrogens with one attached hydrogen (secondary N) is 1. The molecule has 2 aromatic heterocycles. The van der Waals surface area contributed by atoms with Crippen LogP contribution in [0.15, 0.2) is 10.6 Å². The van der Waals surface area contributed by atoms with E-state index in [1.807, 2.05) is 0 Å². The average Bonchev–Trinajstić information content (AvgIpc) is 3.17. The Bertz CT molecular complexity index is 828. The van der Waals surface area contributed by atoms with Crippen LogP contribution in [0.5, 0.6) is 0 Å². The first-order valence-electron chi connectivity index (χ1n) is 9.83. The molecule has 3 rings (SSSR count). The second-order valence-electron chi connectivity index (χ2n) is 8.86. The number of rotatable bonds is 5. The van der Waals surface area contributed by atoms with Crippen molar-refractivity contribution in [2.75, 3.05) is 19.6 Å². The Morgan fingerprint density at radius 1 is 1.36 bits per heavy atom. The van der Waals surface area contributed by atoms with E-state index in [1.54, 1.807) is 20.0 Å². The zero-order valence-electron chi connectivity index (χ0n) is 17.4. The van der Waals surface area contributed by atoms with Crippen molar-refractivity contribution in [2.45, 2.75) is 53.0 Å². The molecule has 0 radical (unpaired) electrons. The number of aryl methyl sites for hydroxylation is 2. The Balaban J connectivity index is 1.63. The number of aromatic nitrogens is 3. The van der Waals surface area contributed by atoms with Crippen molar-refractivity contribution in [3.05, 3.63) is 22.5 Å². The van der Waals surface area contributed by atoms with E-state index < -0.39 is 0 Å². The van der Waals surface area contributed by atoms with Crippen LogP contribution in [-0.2, 0) is 7.05 Å². The third-order valence-electron chi connectivity index (χ3n) is 5.18. The molecule has 1 aliphatic heterocycles. The fourth-order valence-corrected chi connectivity index (χ4v) is 3.63. The third kappa shape index (κ3) is 4.94. The van der Waals surface area contributed by atoms with Gasteiger partial charge in [-0.1, -0.05) is 37.5 Å². The van der Waals surface area contributed by atoms with Crippen molar-refractivity contribution in [1.29, 1.82) is 0 Å². The van der Waals surface area contributed by atoms with E-state index in [0.717, 1.165) is 32.5 Å². The monoisotopic (exact) mass is 407 g/mol. The lowest BCUT2D eigenvalue weighted by Gasteiger charge is -2.34. The summed E-state index contributed by atoms with van der Waals surface area (Å²) in [5.74, 6) is 0.452. The third-order valence-corrected chi connectivity index (χ3v) is 5.61. The zero-order valence-corrected chi connectivity index (χ0v) is 18.1. The molecule has 1 fully saturated rings. The molecular formula is C20H30ClN5O2. The Morgan fingerprint density at radius 3 is 2.61 bits per heavy atom. The van der Waals surface area contributed by atoms with Gasteiger partial charge in [0.05, 0.1) is 0 Å². The van der Waals surface area contributed by atoms with Gasteiger partial charge in [0.2, 0.25) is 0 Å². The number of amides is 1. The van der Waals surface area contributed by atoms with E-state index in [9.17, 15) is 4.79 Å². The van der Waals surface area contributed by atoms with Gasteiger partial charge in [0.25, 0.3) is 5.91 Å². The lowest BCUT2D eigenvalue weighted by molar-refractivity contribution is 0.0908. The molecule has 1 aliphatic rings. The van der Waals surface area contributed by atoms with Gasteiger partial charge in [-0.2, -0.15) is 5.10 Å². The van der Waals surface area contributed by atoms with E-state index in [0.29, 0.717) is 33.3 Å². The highest BCUT2D eigenvalue weighted by atomic mass is 35.5. The first kappa shape index (κ1) is 20.9. The van der Waals surface area contributed by atoms with Gasteiger partial charge < -0.3 is 14.7 Å². The maximum absolute atomic E-state index is 13.0. The molecule has 0 aliphatic carbocycles. The summed E-state index contributed by atoms with van der Waals surface area (Å²) in [7, 11) is 1.71. The fourth-order valence-electron chi connectivity index (χ4n) is 3.41. The Morgan fingerprint density at radius 2 is 2.04 bits per heavy atom. The molecule has 8 heteroatoms. The molecule has 2 aromatic rings. The Kier molecular flexibility index (Phi) is 6.15. The van der Waals surface area contributed by atoms with Crippen LogP contribution in [0.2, 0.25) is 5.15 Å². The standard InChI is InChI=1S/C20H30ClN5O2/c1-13-12-15(24-28-13)17-16(18(21)25(5)23-17)19(27)22-14-6-9-26(10-7-14)11-8-20(2,3)4/h12,14H,6-11H2,1-5H3,(H,22,27). The van der Waals surface area contributed by atoms with E-state index >= 15 is 0 Å². The number of nitrogens with zero attached hydrogens (tertiary/aromatic N) is 4. The second kappa shape index (κ2) is 8.25. The highest BCUT2D eigenvalue weighted by molar-refractivity contribution is 6.33. The van der Waals surface area contributed by atoms with Gasteiger partial charge in [-0.25, -0.2) is 0 Å². The highest BCUT2D eigenvalue weighted by Gasteiger charge is 2.28. The molecule has 1 N–H and O–H groups in total. The number of hydrogen-bond donors (Lipinski definition) is 1. The molecular weight excluding hydrogens is 378 g/mol. The largest absolute Gasteiger partial charge is 0.361 e. The van der Waals surface area contributed by atoms with Gasteiger partial charge in [0, 0.05) is 32.2 Å². The number of halogens is 1. The van der Waals surface area contributed by atoms with E-state index in [-0.39, 0.29) is 11.9 Å². The molecule has 3 heterocycles. The topological polar surface area (TPSA) is 76.2 Å². The molecule has 1 saturated heterocycles. The minimum atomic E-state index is -0.207. The van der Waals surface area contributed by atoms with Crippen LogP contribution in [0.25, 0.3) is 11.4 Å². The Labute approximate surface area is 171 Å². The first-order chi connectivity index (χ1) is 13.1. The summed E-state index contributed by atoms with van der Waals surface area (Å²) in [6.07, 6.45) is 3.05. The molecule has 0 bridgehead atoms. The van der Waals surface area contributed by atoms with Gasteiger partial charge in [-0.05, 0) is 38.1 Å². The summed E-state index contributed by atoms with van der Waals surface area (Å²) in [5.41, 5.74) is 1.66. The number of carbonyl (C=O) groups excluding carboxylic acids is 1.